The van der Waals surface area contributed by atoms with E-state index in [1.54, 1.807) is 12.4 Å². The molecule has 0 aliphatic heterocycles. The Morgan fingerprint density at radius 1 is 1.23 bits per heavy atom. The number of ether oxygens (including phenoxy) is 1. The molecule has 22 heavy (non-hydrogen) atoms. The van der Waals surface area contributed by atoms with Gasteiger partial charge in [-0.2, -0.15) is 0 Å². The molecular formula is C17H17N3O2. The van der Waals surface area contributed by atoms with Gasteiger partial charge < -0.3 is 4.74 Å². The zero-order valence-electron chi connectivity index (χ0n) is 12.6. The molecule has 0 spiro atoms. The Morgan fingerprint density at radius 3 is 2.73 bits per heavy atom. The molecule has 0 radical (unpaired) electrons. The van der Waals surface area contributed by atoms with Gasteiger partial charge in [-0.3, -0.25) is 14.3 Å². The summed E-state index contributed by atoms with van der Waals surface area (Å²) in [5.74, 6) is 0.701. The topological polar surface area (TPSA) is 57.0 Å². The summed E-state index contributed by atoms with van der Waals surface area (Å²) in [5.41, 5.74) is 3.84. The van der Waals surface area contributed by atoms with Gasteiger partial charge in [0.25, 0.3) is 0 Å². The minimum atomic E-state index is -0.203. The molecule has 1 aromatic carbocycles. The summed E-state index contributed by atoms with van der Waals surface area (Å²) in [4.78, 5) is 20.1. The first-order chi connectivity index (χ1) is 10.7. The van der Waals surface area contributed by atoms with Gasteiger partial charge in [0.05, 0.1) is 24.7 Å². The van der Waals surface area contributed by atoms with E-state index in [9.17, 15) is 4.79 Å². The molecule has 2 aromatic heterocycles. The smallest absolute Gasteiger partial charge is 0.310 e. The Morgan fingerprint density at radius 2 is 2.00 bits per heavy atom. The minimum Gasteiger partial charge on any atom is -0.466 e. The molecule has 3 aromatic rings. The van der Waals surface area contributed by atoms with E-state index in [4.69, 9.17) is 4.74 Å². The summed E-state index contributed by atoms with van der Waals surface area (Å²) in [6.45, 7) is 4.18. The predicted octanol–water partition coefficient (Wildman–Crippen LogP) is 2.83. The highest BCUT2D eigenvalue weighted by Gasteiger charge is 2.09. The quantitative estimate of drug-likeness (QED) is 0.694. The van der Waals surface area contributed by atoms with Gasteiger partial charge in [-0.05, 0) is 37.6 Å². The molecule has 0 saturated carbocycles. The molecule has 3 rings (SSSR count). The molecule has 0 saturated heterocycles. The minimum absolute atomic E-state index is 0.203. The van der Waals surface area contributed by atoms with E-state index >= 15 is 0 Å². The van der Waals surface area contributed by atoms with Crippen molar-refractivity contribution in [2.24, 2.45) is 0 Å². The highest BCUT2D eigenvalue weighted by Crippen LogP contribution is 2.20. The molecule has 0 fully saturated rings. The van der Waals surface area contributed by atoms with Gasteiger partial charge in [-0.1, -0.05) is 12.1 Å². The highest BCUT2D eigenvalue weighted by molar-refractivity contribution is 5.77. The number of fused-ring (bicyclic) bond motifs is 1. The number of nitrogens with zero attached hydrogens (tertiary/aromatic N) is 3. The van der Waals surface area contributed by atoms with Crippen molar-refractivity contribution >= 4 is 17.0 Å². The Bertz CT molecular complexity index is 806. The maximum absolute atomic E-state index is 11.5. The fraction of sp³-hybridized carbons (Fsp3) is 0.235. The molecule has 0 atom stereocenters. The second-order valence-electron chi connectivity index (χ2n) is 5.01. The molecular weight excluding hydrogens is 278 g/mol. The number of carbonyl (C=O) groups excluding carboxylic acids is 1. The van der Waals surface area contributed by atoms with Crippen molar-refractivity contribution in [1.82, 2.24) is 14.5 Å². The van der Waals surface area contributed by atoms with E-state index in [0.29, 0.717) is 13.0 Å². The first-order valence-electron chi connectivity index (χ1n) is 7.23. The lowest BCUT2D eigenvalue weighted by Gasteiger charge is -2.08. The van der Waals surface area contributed by atoms with Crippen molar-refractivity contribution in [3.05, 3.63) is 54.1 Å². The van der Waals surface area contributed by atoms with Gasteiger partial charge in [-0.25, -0.2) is 4.98 Å². The number of hydrogen-bond acceptors (Lipinski definition) is 4. The second kappa shape index (κ2) is 5.97. The maximum atomic E-state index is 11.5. The number of carbonyl (C=O) groups is 1. The molecule has 0 N–H and O–H groups in total. The fourth-order valence-corrected chi connectivity index (χ4v) is 2.52. The van der Waals surface area contributed by atoms with Crippen molar-refractivity contribution in [3.8, 4) is 5.69 Å². The number of esters is 1. The third kappa shape index (κ3) is 2.70. The Balaban J connectivity index is 1.92. The molecule has 0 unspecified atom stereocenters. The summed E-state index contributed by atoms with van der Waals surface area (Å²) in [6.07, 6.45) is 3.81. The number of hydrogen-bond donors (Lipinski definition) is 0. The van der Waals surface area contributed by atoms with Crippen LogP contribution in [0, 0.1) is 6.92 Å². The van der Waals surface area contributed by atoms with Crippen molar-refractivity contribution in [2.75, 3.05) is 6.61 Å². The van der Waals surface area contributed by atoms with E-state index in [0.717, 1.165) is 28.1 Å². The molecule has 0 amide bonds. The van der Waals surface area contributed by atoms with Crippen LogP contribution in [0.1, 0.15) is 18.3 Å². The number of benzene rings is 1. The molecule has 2 heterocycles. The standard InChI is InChI=1S/C17H17N3O2/c1-3-22-17(21)10-13-4-6-14(7-5-13)20-12(2)19-15-11-18-9-8-16(15)20/h4-9,11H,3,10H2,1-2H3. The van der Waals surface area contributed by atoms with Gasteiger partial charge in [0.15, 0.2) is 0 Å². The van der Waals surface area contributed by atoms with Crippen LogP contribution in [-0.2, 0) is 16.0 Å². The fourth-order valence-electron chi connectivity index (χ4n) is 2.52. The Hall–Kier alpha value is -2.69. The molecule has 0 aliphatic rings. The summed E-state index contributed by atoms with van der Waals surface area (Å²) < 4.78 is 7.04. The molecule has 0 bridgehead atoms. The number of pyridine rings is 1. The second-order valence-corrected chi connectivity index (χ2v) is 5.01. The number of aryl methyl sites for hydroxylation is 1. The van der Waals surface area contributed by atoms with Crippen LogP contribution in [0.2, 0.25) is 0 Å². The van der Waals surface area contributed by atoms with Crippen LogP contribution in [0.5, 0.6) is 0 Å². The average Bonchev–Trinajstić information content (AvgIpc) is 2.84. The lowest BCUT2D eigenvalue weighted by atomic mass is 10.1. The first-order valence-corrected chi connectivity index (χ1v) is 7.23. The number of rotatable bonds is 4. The van der Waals surface area contributed by atoms with Crippen LogP contribution in [0.25, 0.3) is 16.7 Å². The number of aromatic nitrogens is 3. The van der Waals surface area contributed by atoms with E-state index in [-0.39, 0.29) is 5.97 Å². The van der Waals surface area contributed by atoms with Crippen molar-refractivity contribution in [3.63, 3.8) is 0 Å². The predicted molar refractivity (Wildman–Crippen MR) is 83.9 cm³/mol. The maximum Gasteiger partial charge on any atom is 0.310 e. The third-order valence-electron chi connectivity index (χ3n) is 3.47. The molecule has 5 nitrogen and oxygen atoms in total. The zero-order chi connectivity index (χ0) is 15.5. The first kappa shape index (κ1) is 14.3. The van der Waals surface area contributed by atoms with E-state index in [1.165, 1.54) is 0 Å². The Labute approximate surface area is 128 Å². The summed E-state index contributed by atoms with van der Waals surface area (Å²) in [5, 5.41) is 0. The molecule has 112 valence electrons. The molecule has 5 heteroatoms. The van der Waals surface area contributed by atoms with Crippen LogP contribution >= 0.6 is 0 Å². The van der Waals surface area contributed by atoms with Crippen LogP contribution in [0.15, 0.2) is 42.7 Å². The van der Waals surface area contributed by atoms with Crippen molar-refractivity contribution in [1.29, 1.82) is 0 Å². The lowest BCUT2D eigenvalue weighted by Crippen LogP contribution is -2.07. The zero-order valence-corrected chi connectivity index (χ0v) is 12.6. The van der Waals surface area contributed by atoms with Crippen LogP contribution in [0.3, 0.4) is 0 Å². The van der Waals surface area contributed by atoms with Crippen LogP contribution < -0.4 is 0 Å². The van der Waals surface area contributed by atoms with Gasteiger partial charge in [0.1, 0.15) is 11.3 Å². The van der Waals surface area contributed by atoms with Gasteiger partial charge >= 0.3 is 5.97 Å². The van der Waals surface area contributed by atoms with Crippen molar-refractivity contribution < 1.29 is 9.53 Å². The number of imidazole rings is 1. The normalized spacial score (nSPS) is 10.8. The van der Waals surface area contributed by atoms with E-state index in [1.807, 2.05) is 44.2 Å². The van der Waals surface area contributed by atoms with E-state index < -0.39 is 0 Å². The third-order valence-corrected chi connectivity index (χ3v) is 3.47. The highest BCUT2D eigenvalue weighted by atomic mass is 16.5. The average molecular weight is 295 g/mol. The summed E-state index contributed by atoms with van der Waals surface area (Å²) >= 11 is 0. The van der Waals surface area contributed by atoms with Crippen LogP contribution in [0.4, 0.5) is 0 Å². The SMILES string of the molecule is CCOC(=O)Cc1ccc(-n2c(C)nc3cnccc32)cc1. The summed E-state index contributed by atoms with van der Waals surface area (Å²) in [6, 6.07) is 9.81. The largest absolute Gasteiger partial charge is 0.466 e. The van der Waals surface area contributed by atoms with Gasteiger partial charge in [-0.15, -0.1) is 0 Å². The summed E-state index contributed by atoms with van der Waals surface area (Å²) in [7, 11) is 0. The van der Waals surface area contributed by atoms with E-state index in [2.05, 4.69) is 14.5 Å². The van der Waals surface area contributed by atoms with Gasteiger partial charge in [0, 0.05) is 11.9 Å². The monoisotopic (exact) mass is 295 g/mol. The molecule has 0 aliphatic carbocycles. The van der Waals surface area contributed by atoms with Crippen molar-refractivity contribution in [2.45, 2.75) is 20.3 Å². The van der Waals surface area contributed by atoms with Gasteiger partial charge in [0.2, 0.25) is 0 Å². The van der Waals surface area contributed by atoms with Crippen LogP contribution in [-0.4, -0.2) is 27.1 Å². The Kier molecular flexibility index (Phi) is 3.87. The lowest BCUT2D eigenvalue weighted by molar-refractivity contribution is -0.142.